The molecule has 3 heteroatoms. The van der Waals surface area contributed by atoms with Crippen molar-refractivity contribution in [3.05, 3.63) is 23.8 Å². The van der Waals surface area contributed by atoms with Crippen LogP contribution in [0.3, 0.4) is 0 Å². The lowest BCUT2D eigenvalue weighted by atomic mass is 10.1. The van der Waals surface area contributed by atoms with Crippen molar-refractivity contribution >= 4 is 5.69 Å². The van der Waals surface area contributed by atoms with Crippen LogP contribution in [-0.2, 0) is 4.74 Å². The zero-order valence-electron chi connectivity index (χ0n) is 9.95. The van der Waals surface area contributed by atoms with Gasteiger partial charge >= 0.3 is 0 Å². The second-order valence-corrected chi connectivity index (χ2v) is 4.21. The number of rotatable bonds is 3. The van der Waals surface area contributed by atoms with E-state index in [0.717, 1.165) is 31.8 Å². The molecule has 0 unspecified atom stereocenters. The van der Waals surface area contributed by atoms with E-state index in [1.54, 1.807) is 7.11 Å². The van der Waals surface area contributed by atoms with Gasteiger partial charge in [0.1, 0.15) is 5.75 Å². The summed E-state index contributed by atoms with van der Waals surface area (Å²) in [6.07, 6.45) is 2.18. The average Bonchev–Trinajstić information content (AvgIpc) is 2.33. The molecule has 0 aliphatic carbocycles. The lowest BCUT2D eigenvalue weighted by Crippen LogP contribution is -2.28. The highest BCUT2D eigenvalue weighted by molar-refractivity contribution is 5.54. The molecular formula is C13H19NO2. The summed E-state index contributed by atoms with van der Waals surface area (Å²) in [5.41, 5.74) is 2.43. The van der Waals surface area contributed by atoms with Crippen molar-refractivity contribution in [2.24, 2.45) is 0 Å². The molecule has 1 N–H and O–H groups in total. The van der Waals surface area contributed by atoms with E-state index in [-0.39, 0.29) is 0 Å². The predicted molar refractivity (Wildman–Crippen MR) is 65.2 cm³/mol. The number of hydrogen-bond donors (Lipinski definition) is 1. The van der Waals surface area contributed by atoms with Crippen LogP contribution in [0.25, 0.3) is 0 Å². The standard InChI is InChI=1S/C13H19NO2/c1-10-9-12(15-2)3-4-13(10)14-11-5-7-16-8-6-11/h3-4,9,11,14H,5-8H2,1-2H3. The largest absolute Gasteiger partial charge is 0.497 e. The van der Waals surface area contributed by atoms with Crippen LogP contribution in [0, 0.1) is 6.92 Å². The summed E-state index contributed by atoms with van der Waals surface area (Å²) in [6, 6.07) is 6.68. The zero-order valence-corrected chi connectivity index (χ0v) is 9.95. The fraction of sp³-hybridized carbons (Fsp3) is 0.538. The van der Waals surface area contributed by atoms with Gasteiger partial charge in [-0.1, -0.05) is 0 Å². The number of hydrogen-bond acceptors (Lipinski definition) is 3. The number of benzene rings is 1. The molecule has 1 saturated heterocycles. The lowest BCUT2D eigenvalue weighted by Gasteiger charge is -2.25. The lowest BCUT2D eigenvalue weighted by molar-refractivity contribution is 0.0904. The highest BCUT2D eigenvalue weighted by Gasteiger charge is 2.14. The van der Waals surface area contributed by atoms with E-state index in [1.165, 1.54) is 11.3 Å². The molecule has 2 rings (SSSR count). The molecule has 0 amide bonds. The molecule has 1 aliphatic heterocycles. The van der Waals surface area contributed by atoms with Crippen LogP contribution in [0.15, 0.2) is 18.2 Å². The summed E-state index contributed by atoms with van der Waals surface area (Å²) in [7, 11) is 1.69. The van der Waals surface area contributed by atoms with Gasteiger partial charge in [0.2, 0.25) is 0 Å². The topological polar surface area (TPSA) is 30.5 Å². The quantitative estimate of drug-likeness (QED) is 0.851. The maximum atomic E-state index is 5.34. The minimum Gasteiger partial charge on any atom is -0.497 e. The second-order valence-electron chi connectivity index (χ2n) is 4.21. The van der Waals surface area contributed by atoms with E-state index in [0.29, 0.717) is 6.04 Å². The van der Waals surface area contributed by atoms with Gasteiger partial charge in [-0.25, -0.2) is 0 Å². The van der Waals surface area contributed by atoms with Gasteiger partial charge in [0.25, 0.3) is 0 Å². The number of anilines is 1. The Balaban J connectivity index is 2.03. The fourth-order valence-electron chi connectivity index (χ4n) is 1.99. The Hall–Kier alpha value is -1.22. The van der Waals surface area contributed by atoms with Gasteiger partial charge in [-0.05, 0) is 43.5 Å². The monoisotopic (exact) mass is 221 g/mol. The summed E-state index contributed by atoms with van der Waals surface area (Å²) >= 11 is 0. The molecule has 1 aromatic rings. The zero-order chi connectivity index (χ0) is 11.4. The van der Waals surface area contributed by atoms with Crippen LogP contribution in [-0.4, -0.2) is 26.4 Å². The van der Waals surface area contributed by atoms with Crippen LogP contribution in [0.1, 0.15) is 18.4 Å². The Morgan fingerprint density at radius 1 is 1.31 bits per heavy atom. The molecule has 1 aromatic carbocycles. The maximum Gasteiger partial charge on any atom is 0.119 e. The average molecular weight is 221 g/mol. The van der Waals surface area contributed by atoms with Crippen molar-refractivity contribution in [2.75, 3.05) is 25.6 Å². The number of ether oxygens (including phenoxy) is 2. The van der Waals surface area contributed by atoms with E-state index >= 15 is 0 Å². The molecule has 0 spiro atoms. The van der Waals surface area contributed by atoms with E-state index in [2.05, 4.69) is 24.4 Å². The Morgan fingerprint density at radius 3 is 2.69 bits per heavy atom. The van der Waals surface area contributed by atoms with Gasteiger partial charge in [-0.3, -0.25) is 0 Å². The molecule has 0 saturated carbocycles. The van der Waals surface area contributed by atoms with E-state index < -0.39 is 0 Å². The van der Waals surface area contributed by atoms with Crippen molar-refractivity contribution in [2.45, 2.75) is 25.8 Å². The first kappa shape index (κ1) is 11.3. The summed E-state index contributed by atoms with van der Waals surface area (Å²) in [5.74, 6) is 0.912. The molecule has 0 aromatic heterocycles. The Labute approximate surface area is 96.8 Å². The molecule has 1 aliphatic rings. The van der Waals surface area contributed by atoms with Crippen LogP contribution in [0.4, 0.5) is 5.69 Å². The third-order valence-electron chi connectivity index (χ3n) is 3.01. The Kier molecular flexibility index (Phi) is 3.67. The van der Waals surface area contributed by atoms with Gasteiger partial charge in [-0.2, -0.15) is 0 Å². The van der Waals surface area contributed by atoms with Gasteiger partial charge < -0.3 is 14.8 Å². The predicted octanol–water partition coefficient (Wildman–Crippen LogP) is 2.59. The minimum absolute atomic E-state index is 0.542. The van der Waals surface area contributed by atoms with Crippen molar-refractivity contribution in [3.8, 4) is 5.75 Å². The molecule has 3 nitrogen and oxygen atoms in total. The number of nitrogens with one attached hydrogen (secondary N) is 1. The van der Waals surface area contributed by atoms with Crippen LogP contribution < -0.4 is 10.1 Å². The maximum absolute atomic E-state index is 5.34. The van der Waals surface area contributed by atoms with E-state index in [4.69, 9.17) is 9.47 Å². The molecule has 88 valence electrons. The van der Waals surface area contributed by atoms with Crippen LogP contribution in [0.5, 0.6) is 5.75 Å². The normalized spacial score (nSPS) is 17.1. The first-order chi connectivity index (χ1) is 7.79. The smallest absolute Gasteiger partial charge is 0.119 e. The third kappa shape index (κ3) is 2.67. The highest BCUT2D eigenvalue weighted by atomic mass is 16.5. The Morgan fingerprint density at radius 2 is 2.06 bits per heavy atom. The molecule has 0 radical (unpaired) electrons. The third-order valence-corrected chi connectivity index (χ3v) is 3.01. The van der Waals surface area contributed by atoms with Gasteiger partial charge in [0, 0.05) is 24.9 Å². The molecule has 16 heavy (non-hydrogen) atoms. The fourth-order valence-corrected chi connectivity index (χ4v) is 1.99. The molecule has 1 fully saturated rings. The Bertz CT molecular complexity index is 346. The van der Waals surface area contributed by atoms with E-state index in [9.17, 15) is 0 Å². The number of aryl methyl sites for hydroxylation is 1. The molecule has 1 heterocycles. The van der Waals surface area contributed by atoms with Crippen LogP contribution in [0.2, 0.25) is 0 Å². The molecular weight excluding hydrogens is 202 g/mol. The van der Waals surface area contributed by atoms with Crippen molar-refractivity contribution in [1.82, 2.24) is 0 Å². The first-order valence-electron chi connectivity index (χ1n) is 5.78. The van der Waals surface area contributed by atoms with Crippen molar-refractivity contribution in [1.29, 1.82) is 0 Å². The summed E-state index contributed by atoms with van der Waals surface area (Å²) in [6.45, 7) is 3.84. The molecule has 0 atom stereocenters. The van der Waals surface area contributed by atoms with Crippen LogP contribution >= 0.6 is 0 Å². The summed E-state index contributed by atoms with van der Waals surface area (Å²) in [4.78, 5) is 0. The van der Waals surface area contributed by atoms with Crippen molar-refractivity contribution < 1.29 is 9.47 Å². The summed E-state index contributed by atoms with van der Waals surface area (Å²) in [5, 5.41) is 3.56. The van der Waals surface area contributed by atoms with Crippen molar-refractivity contribution in [3.63, 3.8) is 0 Å². The van der Waals surface area contributed by atoms with Gasteiger partial charge in [0.15, 0.2) is 0 Å². The SMILES string of the molecule is COc1ccc(NC2CCOCC2)c(C)c1. The van der Waals surface area contributed by atoms with E-state index in [1.807, 2.05) is 6.07 Å². The molecule has 0 bridgehead atoms. The highest BCUT2D eigenvalue weighted by Crippen LogP contribution is 2.23. The summed E-state index contributed by atoms with van der Waals surface area (Å²) < 4.78 is 10.5. The minimum atomic E-state index is 0.542. The van der Waals surface area contributed by atoms with Gasteiger partial charge in [-0.15, -0.1) is 0 Å². The first-order valence-corrected chi connectivity index (χ1v) is 5.78. The van der Waals surface area contributed by atoms with Gasteiger partial charge in [0.05, 0.1) is 7.11 Å². The second kappa shape index (κ2) is 5.21. The number of methoxy groups -OCH3 is 1.